The second-order valence-corrected chi connectivity index (χ2v) is 9.52. The van der Waals surface area contributed by atoms with Crippen molar-refractivity contribution in [1.29, 1.82) is 0 Å². The number of hydrogen-bond acceptors (Lipinski definition) is 7. The number of halogens is 1. The molecular formula is C27H34FN5O7. The number of nitrogens with one attached hydrogen (secondary N) is 4. The van der Waals surface area contributed by atoms with Crippen molar-refractivity contribution in [3.8, 4) is 5.75 Å². The van der Waals surface area contributed by atoms with Crippen LogP contribution in [-0.4, -0.2) is 65.0 Å². The monoisotopic (exact) mass is 559 g/mol. The number of amides is 4. The highest BCUT2D eigenvalue weighted by Crippen LogP contribution is 2.18. The lowest BCUT2D eigenvalue weighted by Gasteiger charge is -2.23. The molecule has 12 nitrogen and oxygen atoms in total. The smallest absolute Gasteiger partial charge is 0.326 e. The van der Waals surface area contributed by atoms with Crippen molar-refractivity contribution in [1.82, 2.24) is 21.3 Å². The minimum Gasteiger partial charge on any atom is -0.508 e. The first-order valence-corrected chi connectivity index (χ1v) is 12.5. The van der Waals surface area contributed by atoms with E-state index in [1.54, 1.807) is 26.0 Å². The maximum Gasteiger partial charge on any atom is 0.326 e. The summed E-state index contributed by atoms with van der Waals surface area (Å²) in [6, 6.07) is 7.51. The van der Waals surface area contributed by atoms with Crippen molar-refractivity contribution in [2.45, 2.75) is 44.8 Å². The van der Waals surface area contributed by atoms with Crippen molar-refractivity contribution >= 4 is 29.6 Å². The largest absolute Gasteiger partial charge is 0.508 e. The Morgan fingerprint density at radius 3 is 2.10 bits per heavy atom. The molecule has 0 heterocycles. The van der Waals surface area contributed by atoms with Crippen LogP contribution in [0.3, 0.4) is 0 Å². The number of aromatic hydroxyl groups is 1. The van der Waals surface area contributed by atoms with E-state index in [4.69, 9.17) is 5.73 Å². The van der Waals surface area contributed by atoms with Crippen LogP contribution in [0.2, 0.25) is 0 Å². The van der Waals surface area contributed by atoms with Crippen LogP contribution < -0.4 is 27.0 Å². The van der Waals surface area contributed by atoms with Crippen LogP contribution in [0.5, 0.6) is 5.75 Å². The van der Waals surface area contributed by atoms with Gasteiger partial charge in [-0.05, 0) is 42.5 Å². The normalized spacial score (nSPS) is 13.0. The molecule has 0 spiro atoms. The summed E-state index contributed by atoms with van der Waals surface area (Å²) < 4.78 is 14.5. The highest BCUT2D eigenvalue weighted by molar-refractivity contribution is 5.93. The van der Waals surface area contributed by atoms with Gasteiger partial charge in [0.15, 0.2) is 0 Å². The van der Waals surface area contributed by atoms with Crippen LogP contribution >= 0.6 is 0 Å². The fourth-order valence-corrected chi connectivity index (χ4v) is 3.67. The zero-order valence-electron chi connectivity index (χ0n) is 22.1. The number of phenols is 1. The molecule has 13 heteroatoms. The molecule has 2 aromatic rings. The average Bonchev–Trinajstić information content (AvgIpc) is 2.90. The molecule has 0 radical (unpaired) electrons. The molecule has 0 aliphatic carbocycles. The van der Waals surface area contributed by atoms with E-state index < -0.39 is 66.6 Å². The number of nitrogens with two attached hydrogens (primary N) is 1. The van der Waals surface area contributed by atoms with Crippen LogP contribution in [0, 0.1) is 11.7 Å². The molecule has 4 amide bonds. The van der Waals surface area contributed by atoms with Gasteiger partial charge in [-0.25, -0.2) is 9.18 Å². The van der Waals surface area contributed by atoms with Gasteiger partial charge in [-0.15, -0.1) is 0 Å². The molecule has 8 N–H and O–H groups in total. The van der Waals surface area contributed by atoms with Crippen LogP contribution in [-0.2, 0) is 30.4 Å². The number of benzene rings is 2. The standard InChI is InChI=1S/C27H34FN5O7/c1-15(2)11-21(27(39)40)32-26(38)24(18-5-3-4-6-19(18)28)33-23(36)14-30-22(35)13-31-25(37)20(29)12-16-7-9-17(34)10-8-16/h3-10,15,20-21,24,34H,11-14,29H2,1-2H3,(H,30,35)(H,31,37)(H,32,38)(H,33,36)(H,39,40)/t20-,21-,24-/m0/s1. The van der Waals surface area contributed by atoms with E-state index >= 15 is 0 Å². The van der Waals surface area contributed by atoms with E-state index in [-0.39, 0.29) is 30.1 Å². The molecular weight excluding hydrogens is 525 g/mol. The van der Waals surface area contributed by atoms with Gasteiger partial charge in [0.05, 0.1) is 19.1 Å². The maximum atomic E-state index is 14.5. The summed E-state index contributed by atoms with van der Waals surface area (Å²) >= 11 is 0. The number of phenolic OH excluding ortho intramolecular Hbond substituents is 1. The van der Waals surface area contributed by atoms with E-state index in [0.717, 1.165) is 6.07 Å². The summed E-state index contributed by atoms with van der Waals surface area (Å²) in [5.41, 5.74) is 6.36. The van der Waals surface area contributed by atoms with E-state index in [1.807, 2.05) is 0 Å². The number of hydrogen-bond donors (Lipinski definition) is 7. The summed E-state index contributed by atoms with van der Waals surface area (Å²) in [6.45, 7) is 2.45. The first kappa shape index (κ1) is 31.7. The number of carbonyl (C=O) groups is 5. The van der Waals surface area contributed by atoms with Gasteiger partial charge >= 0.3 is 5.97 Å². The highest BCUT2D eigenvalue weighted by Gasteiger charge is 2.30. The minimum atomic E-state index is -1.57. The molecule has 0 bridgehead atoms. The Balaban J connectivity index is 1.94. The van der Waals surface area contributed by atoms with Crippen LogP contribution in [0.4, 0.5) is 4.39 Å². The predicted octanol–water partition coefficient (Wildman–Crippen LogP) is 0.107. The number of aliphatic carboxylic acids is 1. The molecule has 2 aromatic carbocycles. The Labute approximate surface area is 230 Å². The Hall–Kier alpha value is -4.52. The number of carboxylic acids is 1. The van der Waals surface area contributed by atoms with Crippen molar-refractivity contribution in [3.63, 3.8) is 0 Å². The third kappa shape index (κ3) is 10.3. The lowest BCUT2D eigenvalue weighted by Crippen LogP contribution is -2.50. The van der Waals surface area contributed by atoms with Gasteiger partial charge in [0.25, 0.3) is 0 Å². The van der Waals surface area contributed by atoms with Gasteiger partial charge in [0.2, 0.25) is 23.6 Å². The number of carbonyl (C=O) groups excluding carboxylic acids is 4. The summed E-state index contributed by atoms with van der Waals surface area (Å²) in [7, 11) is 0. The van der Waals surface area contributed by atoms with Gasteiger partial charge in [-0.2, -0.15) is 0 Å². The zero-order valence-corrected chi connectivity index (χ0v) is 22.1. The van der Waals surface area contributed by atoms with Crippen LogP contribution in [0.1, 0.15) is 37.4 Å². The predicted molar refractivity (Wildman–Crippen MR) is 142 cm³/mol. The number of rotatable bonds is 14. The SMILES string of the molecule is CC(C)C[C@H](NC(=O)[C@@H](NC(=O)CNC(=O)CNC(=O)[C@@H](N)Cc1ccc(O)cc1)c1ccccc1F)C(=O)O. The van der Waals surface area contributed by atoms with Gasteiger partial charge in [0.1, 0.15) is 23.7 Å². The van der Waals surface area contributed by atoms with Gasteiger partial charge in [0, 0.05) is 5.56 Å². The van der Waals surface area contributed by atoms with Crippen LogP contribution in [0.15, 0.2) is 48.5 Å². The average molecular weight is 560 g/mol. The third-order valence-corrected chi connectivity index (χ3v) is 5.70. The fourth-order valence-electron chi connectivity index (χ4n) is 3.67. The molecule has 0 fully saturated rings. The van der Waals surface area contributed by atoms with E-state index in [9.17, 15) is 38.6 Å². The molecule has 40 heavy (non-hydrogen) atoms. The zero-order chi connectivity index (χ0) is 29.8. The molecule has 0 aliphatic heterocycles. The lowest BCUT2D eigenvalue weighted by molar-refractivity contribution is -0.142. The van der Waals surface area contributed by atoms with Gasteiger partial charge in [-0.1, -0.05) is 44.2 Å². The molecule has 0 aromatic heterocycles. The molecule has 0 aliphatic rings. The second-order valence-electron chi connectivity index (χ2n) is 9.52. The van der Waals surface area contributed by atoms with Crippen molar-refractivity contribution in [2.75, 3.05) is 13.1 Å². The Bertz CT molecular complexity index is 1210. The summed E-state index contributed by atoms with van der Waals surface area (Å²) in [5.74, 6) is -5.21. The molecule has 0 saturated heterocycles. The third-order valence-electron chi connectivity index (χ3n) is 5.70. The summed E-state index contributed by atoms with van der Waals surface area (Å²) in [5, 5.41) is 28.0. The Morgan fingerprint density at radius 2 is 1.50 bits per heavy atom. The fraction of sp³-hybridized carbons (Fsp3) is 0.370. The summed E-state index contributed by atoms with van der Waals surface area (Å²) in [6.07, 6.45) is 0.273. The molecule has 216 valence electrons. The topological polar surface area (TPSA) is 200 Å². The van der Waals surface area contributed by atoms with Crippen molar-refractivity contribution < 1.29 is 38.6 Å². The van der Waals surface area contributed by atoms with Crippen LogP contribution in [0.25, 0.3) is 0 Å². The highest BCUT2D eigenvalue weighted by atomic mass is 19.1. The van der Waals surface area contributed by atoms with E-state index in [0.29, 0.717) is 5.56 Å². The maximum absolute atomic E-state index is 14.5. The minimum absolute atomic E-state index is 0.0684. The van der Waals surface area contributed by atoms with Crippen molar-refractivity contribution in [2.24, 2.45) is 11.7 Å². The summed E-state index contributed by atoms with van der Waals surface area (Å²) in [4.78, 5) is 61.4. The number of carboxylic acid groups (broad SMARTS) is 1. The molecule has 2 rings (SSSR count). The van der Waals surface area contributed by atoms with Gasteiger partial charge < -0.3 is 37.2 Å². The Kier molecular flexibility index (Phi) is 12.0. The molecule has 3 atom stereocenters. The van der Waals surface area contributed by atoms with E-state index in [2.05, 4.69) is 21.3 Å². The Morgan fingerprint density at radius 1 is 0.875 bits per heavy atom. The molecule has 0 saturated carbocycles. The first-order valence-electron chi connectivity index (χ1n) is 12.5. The van der Waals surface area contributed by atoms with Crippen molar-refractivity contribution in [3.05, 3.63) is 65.5 Å². The second kappa shape index (κ2) is 15.2. The van der Waals surface area contributed by atoms with E-state index in [1.165, 1.54) is 30.3 Å². The molecule has 0 unspecified atom stereocenters. The lowest BCUT2D eigenvalue weighted by atomic mass is 10.0. The first-order chi connectivity index (χ1) is 18.9. The quantitative estimate of drug-likeness (QED) is 0.169. The van der Waals surface area contributed by atoms with Gasteiger partial charge in [-0.3, -0.25) is 19.2 Å².